The number of nitriles is 1. The average Bonchev–Trinajstić information content (AvgIpc) is 3.19. The van der Waals surface area contributed by atoms with Gasteiger partial charge < -0.3 is 5.73 Å². The molecule has 0 saturated heterocycles. The minimum atomic E-state index is 0.336. The number of rotatable bonds is 4. The number of nitrogens with two attached hydrogens (primary N) is 1. The zero-order valence-corrected chi connectivity index (χ0v) is 16.5. The van der Waals surface area contributed by atoms with Crippen LogP contribution in [0.3, 0.4) is 0 Å². The normalized spacial score (nSPS) is 16.6. The topological polar surface area (TPSA) is 93.4 Å². The van der Waals surface area contributed by atoms with Crippen molar-refractivity contribution in [3.8, 4) is 11.9 Å². The molecule has 2 N–H and O–H groups in total. The smallest absolute Gasteiger partial charge is 0.190 e. The molecule has 0 saturated carbocycles. The number of nitrogens with zero attached hydrogens (tertiary/aromatic N) is 5. The van der Waals surface area contributed by atoms with Crippen molar-refractivity contribution in [3.63, 3.8) is 0 Å². The number of hydrogen-bond acceptors (Lipinski definition) is 7. The summed E-state index contributed by atoms with van der Waals surface area (Å²) in [7, 11) is 0. The Kier molecular flexibility index (Phi) is 4.59. The number of hydrogen-bond donors (Lipinski definition) is 1. The van der Waals surface area contributed by atoms with Crippen LogP contribution in [0.4, 0.5) is 5.82 Å². The van der Waals surface area contributed by atoms with Gasteiger partial charge in [-0.15, -0.1) is 11.3 Å². The van der Waals surface area contributed by atoms with Gasteiger partial charge in [0.25, 0.3) is 0 Å². The molecule has 3 aromatic heterocycles. The van der Waals surface area contributed by atoms with E-state index in [0.717, 1.165) is 40.4 Å². The van der Waals surface area contributed by atoms with Gasteiger partial charge in [-0.1, -0.05) is 25.6 Å². The Morgan fingerprint density at radius 2 is 2.31 bits per heavy atom. The van der Waals surface area contributed by atoms with Crippen molar-refractivity contribution in [3.05, 3.63) is 22.2 Å². The fourth-order valence-electron chi connectivity index (χ4n) is 3.34. The maximum Gasteiger partial charge on any atom is 0.190 e. The predicted octanol–water partition coefficient (Wildman–Crippen LogP) is 3.96. The Bertz CT molecular complexity index is 1010. The van der Waals surface area contributed by atoms with Crippen LogP contribution < -0.4 is 5.73 Å². The molecule has 3 aromatic rings. The van der Waals surface area contributed by atoms with Gasteiger partial charge in [-0.3, -0.25) is 0 Å². The zero-order valence-electron chi connectivity index (χ0n) is 14.8. The number of thiophene rings is 1. The summed E-state index contributed by atoms with van der Waals surface area (Å²) < 4.78 is 1.60. The molecule has 26 heavy (non-hydrogen) atoms. The van der Waals surface area contributed by atoms with Crippen LogP contribution in [0.2, 0.25) is 0 Å². The van der Waals surface area contributed by atoms with E-state index < -0.39 is 0 Å². The molecule has 3 heterocycles. The summed E-state index contributed by atoms with van der Waals surface area (Å²) in [5.74, 6) is 2.65. The lowest BCUT2D eigenvalue weighted by Crippen LogP contribution is -2.11. The van der Waals surface area contributed by atoms with Gasteiger partial charge in [0.1, 0.15) is 22.3 Å². The van der Waals surface area contributed by atoms with Crippen molar-refractivity contribution < 1.29 is 0 Å². The van der Waals surface area contributed by atoms with Gasteiger partial charge in [0.15, 0.2) is 11.0 Å². The second-order valence-corrected chi connectivity index (χ2v) is 8.82. The summed E-state index contributed by atoms with van der Waals surface area (Å²) in [5.41, 5.74) is 7.88. The van der Waals surface area contributed by atoms with Crippen molar-refractivity contribution in [2.24, 2.45) is 5.92 Å². The summed E-state index contributed by atoms with van der Waals surface area (Å²) in [4.78, 5) is 12.0. The van der Waals surface area contributed by atoms with Crippen molar-refractivity contribution in [1.82, 2.24) is 19.7 Å². The molecule has 8 heteroatoms. The van der Waals surface area contributed by atoms with Crippen LogP contribution >= 0.6 is 23.1 Å². The quantitative estimate of drug-likeness (QED) is 0.540. The van der Waals surface area contributed by atoms with E-state index >= 15 is 0 Å². The summed E-state index contributed by atoms with van der Waals surface area (Å²) >= 11 is 3.41. The van der Waals surface area contributed by atoms with Crippen molar-refractivity contribution >= 4 is 39.1 Å². The van der Waals surface area contributed by atoms with Crippen LogP contribution in [-0.4, -0.2) is 25.5 Å². The van der Waals surface area contributed by atoms with E-state index in [-0.39, 0.29) is 0 Å². The third-order valence-corrected chi connectivity index (χ3v) is 6.91. The maximum atomic E-state index is 9.23. The maximum absolute atomic E-state index is 9.23. The highest BCUT2D eigenvalue weighted by Crippen LogP contribution is 2.40. The number of thioether (sulfide) groups is 1. The Hall–Kier alpha value is -2.11. The minimum Gasteiger partial charge on any atom is -0.382 e. The van der Waals surface area contributed by atoms with Gasteiger partial charge in [0.2, 0.25) is 0 Å². The van der Waals surface area contributed by atoms with E-state index in [9.17, 15) is 5.26 Å². The standard InChI is InChI=1S/C18H20N6S2/c1-3-6-25-18-22-16(24-15(20)11(8-19)9-21-24)14-12-7-10(2)4-5-13(12)26-17(14)23-18/h9-10H,3-7,20H2,1-2H3. The number of fused-ring (bicyclic) bond motifs is 3. The summed E-state index contributed by atoms with van der Waals surface area (Å²) in [6, 6.07) is 2.09. The van der Waals surface area contributed by atoms with E-state index in [1.165, 1.54) is 23.1 Å². The van der Waals surface area contributed by atoms with Crippen molar-refractivity contribution in [2.75, 3.05) is 11.5 Å². The van der Waals surface area contributed by atoms with E-state index in [1.54, 1.807) is 27.8 Å². The zero-order chi connectivity index (χ0) is 18.3. The van der Waals surface area contributed by atoms with E-state index in [2.05, 4.69) is 25.0 Å². The van der Waals surface area contributed by atoms with E-state index in [1.807, 2.05) is 0 Å². The molecule has 6 nitrogen and oxygen atoms in total. The molecule has 0 radical (unpaired) electrons. The highest BCUT2D eigenvalue weighted by Gasteiger charge is 2.26. The number of nitrogen functional groups attached to an aromatic ring is 1. The van der Waals surface area contributed by atoms with Gasteiger partial charge >= 0.3 is 0 Å². The lowest BCUT2D eigenvalue weighted by Gasteiger charge is -2.18. The third kappa shape index (κ3) is 2.85. The minimum absolute atomic E-state index is 0.336. The Morgan fingerprint density at radius 3 is 3.04 bits per heavy atom. The molecular weight excluding hydrogens is 364 g/mol. The van der Waals surface area contributed by atoms with Gasteiger partial charge in [-0.25, -0.2) is 9.97 Å². The highest BCUT2D eigenvalue weighted by atomic mass is 32.2. The molecule has 0 aliphatic heterocycles. The first-order chi connectivity index (χ1) is 12.6. The largest absolute Gasteiger partial charge is 0.382 e. The van der Waals surface area contributed by atoms with Crippen LogP contribution in [0.1, 0.15) is 42.7 Å². The van der Waals surface area contributed by atoms with Crippen LogP contribution in [0.15, 0.2) is 11.4 Å². The first kappa shape index (κ1) is 17.3. The number of aromatic nitrogens is 4. The SMILES string of the molecule is CCCSc1nc(-n2ncc(C#N)c2N)c2c3c(sc2n1)CCC(C)C3. The molecule has 0 fully saturated rings. The molecule has 1 aliphatic carbocycles. The highest BCUT2D eigenvalue weighted by molar-refractivity contribution is 7.99. The third-order valence-electron chi connectivity index (χ3n) is 4.67. The molecule has 0 aromatic carbocycles. The lowest BCUT2D eigenvalue weighted by molar-refractivity contribution is 0.508. The molecule has 1 unspecified atom stereocenters. The molecule has 0 amide bonds. The first-order valence-corrected chi connectivity index (χ1v) is 10.6. The van der Waals surface area contributed by atoms with Crippen molar-refractivity contribution in [1.29, 1.82) is 5.26 Å². The summed E-state index contributed by atoms with van der Waals surface area (Å²) in [6.07, 6.45) is 5.89. The molecule has 4 rings (SSSR count). The number of anilines is 1. The molecule has 1 aliphatic rings. The molecule has 0 bridgehead atoms. The second kappa shape index (κ2) is 6.89. The van der Waals surface area contributed by atoms with Gasteiger partial charge in [0, 0.05) is 10.6 Å². The van der Waals surface area contributed by atoms with Gasteiger partial charge in [-0.2, -0.15) is 15.0 Å². The van der Waals surface area contributed by atoms with Crippen LogP contribution in [0.5, 0.6) is 0 Å². The monoisotopic (exact) mass is 384 g/mol. The molecular formula is C18H20N6S2. The predicted molar refractivity (Wildman–Crippen MR) is 106 cm³/mol. The Balaban J connectivity index is 1.97. The lowest BCUT2D eigenvalue weighted by atomic mass is 9.88. The first-order valence-electron chi connectivity index (χ1n) is 8.81. The summed E-state index contributed by atoms with van der Waals surface area (Å²) in [5, 5.41) is 15.4. The molecule has 134 valence electrons. The average molecular weight is 385 g/mol. The number of aryl methyl sites for hydroxylation is 1. The fraction of sp³-hybridized carbons (Fsp3) is 0.444. The van der Waals surface area contributed by atoms with Crippen molar-refractivity contribution in [2.45, 2.75) is 44.7 Å². The van der Waals surface area contributed by atoms with Crippen LogP contribution in [-0.2, 0) is 12.8 Å². The van der Waals surface area contributed by atoms with Crippen LogP contribution in [0.25, 0.3) is 16.0 Å². The molecule has 0 spiro atoms. The fourth-order valence-corrected chi connectivity index (χ4v) is 5.30. The van der Waals surface area contributed by atoms with E-state index in [0.29, 0.717) is 23.1 Å². The second-order valence-electron chi connectivity index (χ2n) is 6.68. The van der Waals surface area contributed by atoms with Gasteiger partial charge in [-0.05, 0) is 37.2 Å². The Morgan fingerprint density at radius 1 is 1.46 bits per heavy atom. The van der Waals surface area contributed by atoms with E-state index in [4.69, 9.17) is 15.7 Å². The van der Waals surface area contributed by atoms with Crippen LogP contribution in [0, 0.1) is 17.2 Å². The summed E-state index contributed by atoms with van der Waals surface area (Å²) in [6.45, 7) is 4.43. The molecule has 1 atom stereocenters. The Labute approximate surface area is 160 Å². The van der Waals surface area contributed by atoms with Gasteiger partial charge in [0.05, 0.1) is 11.6 Å².